The highest BCUT2D eigenvalue weighted by atomic mass is 16.1. The molecule has 21 heavy (non-hydrogen) atoms. The Hall–Kier alpha value is -2.09. The van der Waals surface area contributed by atoms with E-state index in [1.54, 1.807) is 0 Å². The van der Waals surface area contributed by atoms with Crippen LogP contribution in [0, 0.1) is 6.92 Å². The second kappa shape index (κ2) is 8.25. The molecule has 2 nitrogen and oxygen atoms in total. The highest BCUT2D eigenvalue weighted by molar-refractivity contribution is 5.78. The lowest BCUT2D eigenvalue weighted by Crippen LogP contribution is -2.26. The minimum Gasteiger partial charge on any atom is -0.356 e. The Balaban J connectivity index is 1.59. The molecule has 0 bridgehead atoms. The summed E-state index contributed by atoms with van der Waals surface area (Å²) >= 11 is 0. The van der Waals surface area contributed by atoms with E-state index in [1.165, 1.54) is 11.1 Å². The van der Waals surface area contributed by atoms with Crippen LogP contribution in [0.3, 0.4) is 0 Å². The van der Waals surface area contributed by atoms with Gasteiger partial charge >= 0.3 is 0 Å². The summed E-state index contributed by atoms with van der Waals surface area (Å²) in [5, 5.41) is 2.99. The Morgan fingerprint density at radius 3 is 2.33 bits per heavy atom. The minimum atomic E-state index is 0.108. The van der Waals surface area contributed by atoms with E-state index in [2.05, 4.69) is 36.5 Å². The molecule has 0 heterocycles. The largest absolute Gasteiger partial charge is 0.356 e. The first kappa shape index (κ1) is 15.3. The van der Waals surface area contributed by atoms with Gasteiger partial charge in [0, 0.05) is 6.54 Å². The smallest absolute Gasteiger partial charge is 0.224 e. The van der Waals surface area contributed by atoms with Crippen LogP contribution in [-0.2, 0) is 17.6 Å². The van der Waals surface area contributed by atoms with E-state index in [1.807, 2.05) is 30.3 Å². The van der Waals surface area contributed by atoms with Crippen molar-refractivity contribution in [1.82, 2.24) is 5.32 Å². The van der Waals surface area contributed by atoms with Crippen molar-refractivity contribution >= 4 is 5.91 Å². The SMILES string of the molecule is Cc1ccc(CCCCNC(=O)Cc2ccccc2)cc1. The second-order valence-corrected chi connectivity index (χ2v) is 5.46. The van der Waals surface area contributed by atoms with Crippen LogP contribution < -0.4 is 5.32 Å². The molecule has 110 valence electrons. The molecule has 0 fully saturated rings. The van der Waals surface area contributed by atoms with E-state index in [4.69, 9.17) is 0 Å². The van der Waals surface area contributed by atoms with Crippen molar-refractivity contribution < 1.29 is 4.79 Å². The normalized spacial score (nSPS) is 10.3. The number of aryl methyl sites for hydroxylation is 2. The summed E-state index contributed by atoms with van der Waals surface area (Å²) in [6.45, 7) is 2.86. The summed E-state index contributed by atoms with van der Waals surface area (Å²) in [6.07, 6.45) is 3.68. The minimum absolute atomic E-state index is 0.108. The number of benzene rings is 2. The van der Waals surface area contributed by atoms with Gasteiger partial charge in [-0.2, -0.15) is 0 Å². The monoisotopic (exact) mass is 281 g/mol. The third kappa shape index (κ3) is 5.82. The zero-order valence-corrected chi connectivity index (χ0v) is 12.6. The van der Waals surface area contributed by atoms with Gasteiger partial charge in [0.2, 0.25) is 5.91 Å². The van der Waals surface area contributed by atoms with Gasteiger partial charge in [0.25, 0.3) is 0 Å². The van der Waals surface area contributed by atoms with Gasteiger partial charge in [0.15, 0.2) is 0 Å². The molecule has 1 amide bonds. The van der Waals surface area contributed by atoms with Crippen LogP contribution in [0.2, 0.25) is 0 Å². The van der Waals surface area contributed by atoms with Gasteiger partial charge in [-0.3, -0.25) is 4.79 Å². The van der Waals surface area contributed by atoms with Crippen LogP contribution in [0.1, 0.15) is 29.5 Å². The summed E-state index contributed by atoms with van der Waals surface area (Å²) in [7, 11) is 0. The molecule has 0 spiro atoms. The van der Waals surface area contributed by atoms with Crippen LogP contribution >= 0.6 is 0 Å². The number of hydrogen-bond donors (Lipinski definition) is 1. The number of amides is 1. The van der Waals surface area contributed by atoms with E-state index < -0.39 is 0 Å². The molecule has 2 aromatic rings. The van der Waals surface area contributed by atoms with Gasteiger partial charge in [-0.15, -0.1) is 0 Å². The van der Waals surface area contributed by atoms with Crippen molar-refractivity contribution in [2.45, 2.75) is 32.6 Å². The number of carbonyl (C=O) groups excluding carboxylic acids is 1. The van der Waals surface area contributed by atoms with Crippen LogP contribution in [0.15, 0.2) is 54.6 Å². The van der Waals surface area contributed by atoms with Gasteiger partial charge < -0.3 is 5.32 Å². The molecule has 1 N–H and O–H groups in total. The summed E-state index contributed by atoms with van der Waals surface area (Å²) < 4.78 is 0. The van der Waals surface area contributed by atoms with Crippen LogP contribution in [0.25, 0.3) is 0 Å². The fourth-order valence-electron chi connectivity index (χ4n) is 2.28. The Morgan fingerprint density at radius 2 is 1.62 bits per heavy atom. The zero-order chi connectivity index (χ0) is 14.9. The Morgan fingerprint density at radius 1 is 0.905 bits per heavy atom. The van der Waals surface area contributed by atoms with Gasteiger partial charge in [0.1, 0.15) is 0 Å². The lowest BCUT2D eigenvalue weighted by Gasteiger charge is -2.06. The van der Waals surface area contributed by atoms with E-state index in [9.17, 15) is 4.79 Å². The maximum Gasteiger partial charge on any atom is 0.224 e. The predicted molar refractivity (Wildman–Crippen MR) is 87.3 cm³/mol. The maximum atomic E-state index is 11.8. The van der Waals surface area contributed by atoms with Crippen LogP contribution in [-0.4, -0.2) is 12.5 Å². The molecule has 0 aliphatic carbocycles. The predicted octanol–water partition coefficient (Wildman–Crippen LogP) is 3.68. The Kier molecular flexibility index (Phi) is 6.01. The van der Waals surface area contributed by atoms with E-state index in [-0.39, 0.29) is 5.91 Å². The molecule has 0 saturated heterocycles. The Bertz CT molecular complexity index is 546. The highest BCUT2D eigenvalue weighted by Crippen LogP contribution is 2.07. The third-order valence-electron chi connectivity index (χ3n) is 3.54. The van der Waals surface area contributed by atoms with Crippen LogP contribution in [0.5, 0.6) is 0 Å². The zero-order valence-electron chi connectivity index (χ0n) is 12.6. The molecule has 0 saturated carbocycles. The molecular formula is C19H23NO. The van der Waals surface area contributed by atoms with Gasteiger partial charge in [-0.1, -0.05) is 60.2 Å². The molecular weight excluding hydrogens is 258 g/mol. The third-order valence-corrected chi connectivity index (χ3v) is 3.54. The number of nitrogens with one attached hydrogen (secondary N) is 1. The van der Waals surface area contributed by atoms with Gasteiger partial charge in [-0.25, -0.2) is 0 Å². The topological polar surface area (TPSA) is 29.1 Å². The average molecular weight is 281 g/mol. The summed E-state index contributed by atoms with van der Waals surface area (Å²) in [4.78, 5) is 11.8. The molecule has 0 unspecified atom stereocenters. The molecule has 0 atom stereocenters. The van der Waals surface area contributed by atoms with Crippen LogP contribution in [0.4, 0.5) is 0 Å². The average Bonchev–Trinajstić information content (AvgIpc) is 2.50. The summed E-state index contributed by atoms with van der Waals surface area (Å²) in [5.41, 5.74) is 3.73. The Labute approximate surface area is 127 Å². The summed E-state index contributed by atoms with van der Waals surface area (Å²) in [5.74, 6) is 0.108. The molecule has 2 aromatic carbocycles. The van der Waals surface area contributed by atoms with E-state index in [0.717, 1.165) is 31.4 Å². The van der Waals surface area contributed by atoms with E-state index in [0.29, 0.717) is 6.42 Å². The standard InChI is InChI=1S/C19H23NO/c1-16-10-12-17(13-11-16)7-5-6-14-20-19(21)15-18-8-3-2-4-9-18/h2-4,8-13H,5-7,14-15H2,1H3,(H,20,21). The summed E-state index contributed by atoms with van der Waals surface area (Å²) in [6, 6.07) is 18.5. The first-order chi connectivity index (χ1) is 10.2. The lowest BCUT2D eigenvalue weighted by atomic mass is 10.1. The first-order valence-corrected chi connectivity index (χ1v) is 7.60. The quantitative estimate of drug-likeness (QED) is 0.771. The molecule has 2 rings (SSSR count). The van der Waals surface area contributed by atoms with Crippen molar-refractivity contribution in [3.05, 3.63) is 71.3 Å². The molecule has 0 aliphatic heterocycles. The number of carbonyl (C=O) groups is 1. The molecule has 0 radical (unpaired) electrons. The maximum absolute atomic E-state index is 11.8. The fourth-order valence-corrected chi connectivity index (χ4v) is 2.28. The second-order valence-electron chi connectivity index (χ2n) is 5.46. The van der Waals surface area contributed by atoms with Crippen molar-refractivity contribution in [3.8, 4) is 0 Å². The lowest BCUT2D eigenvalue weighted by molar-refractivity contribution is -0.120. The number of rotatable bonds is 7. The number of hydrogen-bond acceptors (Lipinski definition) is 1. The van der Waals surface area contributed by atoms with E-state index >= 15 is 0 Å². The number of unbranched alkanes of at least 4 members (excludes halogenated alkanes) is 1. The van der Waals surface area contributed by atoms with Crippen molar-refractivity contribution in [2.75, 3.05) is 6.54 Å². The highest BCUT2D eigenvalue weighted by Gasteiger charge is 2.01. The first-order valence-electron chi connectivity index (χ1n) is 7.60. The van der Waals surface area contributed by atoms with Gasteiger partial charge in [-0.05, 0) is 37.3 Å². The van der Waals surface area contributed by atoms with Crippen molar-refractivity contribution in [2.24, 2.45) is 0 Å². The van der Waals surface area contributed by atoms with Gasteiger partial charge in [0.05, 0.1) is 6.42 Å². The van der Waals surface area contributed by atoms with Crippen molar-refractivity contribution in [1.29, 1.82) is 0 Å². The van der Waals surface area contributed by atoms with Crippen molar-refractivity contribution in [3.63, 3.8) is 0 Å². The fraction of sp³-hybridized carbons (Fsp3) is 0.316. The molecule has 2 heteroatoms. The molecule has 0 aliphatic rings. The molecule has 0 aromatic heterocycles.